The molecule has 0 rings (SSSR count). The van der Waals surface area contributed by atoms with Gasteiger partial charge in [-0.05, 0) is 6.42 Å². The monoisotopic (exact) mass is 173 g/mol. The minimum Gasteiger partial charge on any atom is -0.0834 e. The van der Waals surface area contributed by atoms with E-state index in [-0.39, 0.29) is 0 Å². The first-order valence-electron chi connectivity index (χ1n) is 2.47. The first-order valence-corrected chi connectivity index (χ1v) is 3.60. The lowest BCUT2D eigenvalue weighted by Gasteiger charge is -2.06. The molecule has 0 spiro atoms. The largest absolute Gasteiger partial charge is 0.193 e. The molecule has 0 heterocycles. The Kier molecular flexibility index (Phi) is 4.23. The Morgan fingerprint density at radius 3 is 2.00 bits per heavy atom. The number of rotatable bonds is 2. The van der Waals surface area contributed by atoms with Crippen LogP contribution in [0.3, 0.4) is 0 Å². The van der Waals surface area contributed by atoms with Crippen molar-refractivity contribution < 1.29 is 0 Å². The van der Waals surface area contributed by atoms with E-state index in [1.165, 1.54) is 0 Å². The number of unbranched alkanes of at least 4 members (excludes halogenated alkanes) is 1. The molecule has 0 aromatic heterocycles. The van der Waals surface area contributed by atoms with Gasteiger partial charge in [-0.1, -0.05) is 48.1 Å². The zero-order valence-corrected chi connectivity index (χ0v) is 6.89. The summed E-state index contributed by atoms with van der Waals surface area (Å²) in [5.41, 5.74) is 0. The van der Waals surface area contributed by atoms with Crippen LogP contribution >= 0.6 is 34.8 Å². The van der Waals surface area contributed by atoms with Crippen LogP contribution in [0.1, 0.15) is 19.8 Å². The van der Waals surface area contributed by atoms with E-state index >= 15 is 0 Å². The molecule has 0 aliphatic rings. The van der Waals surface area contributed by atoms with Crippen LogP contribution in [0.15, 0.2) is 0 Å². The highest BCUT2D eigenvalue weighted by atomic mass is 35.6. The Labute approximate surface area is 65.1 Å². The topological polar surface area (TPSA) is 0 Å². The van der Waals surface area contributed by atoms with Crippen molar-refractivity contribution in [3.63, 3.8) is 0 Å². The summed E-state index contributed by atoms with van der Waals surface area (Å²) in [4.78, 5) is 0. The van der Waals surface area contributed by atoms with E-state index in [9.17, 15) is 0 Å². The van der Waals surface area contributed by atoms with Crippen LogP contribution in [-0.4, -0.2) is 3.79 Å². The van der Waals surface area contributed by atoms with Crippen LogP contribution in [0.5, 0.6) is 0 Å². The van der Waals surface area contributed by atoms with Gasteiger partial charge >= 0.3 is 0 Å². The van der Waals surface area contributed by atoms with Gasteiger partial charge in [-0.2, -0.15) is 0 Å². The maximum absolute atomic E-state index is 5.39. The molecule has 0 unspecified atom stereocenters. The second kappa shape index (κ2) is 3.81. The van der Waals surface area contributed by atoms with Crippen LogP contribution in [0.4, 0.5) is 0 Å². The average Bonchev–Trinajstić information content (AvgIpc) is 1.59. The molecule has 8 heavy (non-hydrogen) atoms. The first-order chi connectivity index (χ1) is 3.56. The summed E-state index contributed by atoms with van der Waals surface area (Å²) in [5, 5.41) is 0. The van der Waals surface area contributed by atoms with E-state index in [4.69, 9.17) is 34.8 Å². The third-order valence-corrected chi connectivity index (χ3v) is 1.13. The second-order valence-electron chi connectivity index (χ2n) is 1.53. The average molecular weight is 174 g/mol. The lowest BCUT2D eigenvalue weighted by Crippen LogP contribution is -2.01. The number of hydrogen-bond donors (Lipinski definition) is 0. The number of hydrogen-bond acceptors (Lipinski definition) is 0. The van der Waals surface area contributed by atoms with Crippen LogP contribution < -0.4 is 0 Å². The van der Waals surface area contributed by atoms with Gasteiger partial charge in [0, 0.05) is 6.42 Å². The molecule has 0 nitrogen and oxygen atoms in total. The molecule has 0 saturated carbocycles. The SMILES string of the molecule is CCC[CH]C(Cl)(Cl)Cl. The molecule has 0 saturated heterocycles. The summed E-state index contributed by atoms with van der Waals surface area (Å²) in [6, 6.07) is 0. The van der Waals surface area contributed by atoms with E-state index < -0.39 is 3.79 Å². The Balaban J connectivity index is 3.11. The van der Waals surface area contributed by atoms with Gasteiger partial charge in [0.1, 0.15) is 0 Å². The maximum Gasteiger partial charge on any atom is 0.193 e. The van der Waals surface area contributed by atoms with Crippen molar-refractivity contribution >= 4 is 34.8 Å². The first kappa shape index (κ1) is 8.87. The molecule has 0 fully saturated rings. The number of halogens is 3. The van der Waals surface area contributed by atoms with Crippen LogP contribution in [0.2, 0.25) is 0 Å². The van der Waals surface area contributed by atoms with Gasteiger partial charge in [0.2, 0.25) is 0 Å². The fourth-order valence-corrected chi connectivity index (χ4v) is 0.635. The van der Waals surface area contributed by atoms with Crippen molar-refractivity contribution in [2.75, 3.05) is 0 Å². The molecule has 0 amide bonds. The third kappa shape index (κ3) is 6.87. The zero-order chi connectivity index (χ0) is 6.62. The smallest absolute Gasteiger partial charge is 0.0834 e. The van der Waals surface area contributed by atoms with Crippen molar-refractivity contribution in [3.05, 3.63) is 6.42 Å². The van der Waals surface area contributed by atoms with E-state index in [1.54, 1.807) is 6.42 Å². The van der Waals surface area contributed by atoms with Gasteiger partial charge in [0.05, 0.1) is 0 Å². The van der Waals surface area contributed by atoms with Crippen molar-refractivity contribution in [1.82, 2.24) is 0 Å². The van der Waals surface area contributed by atoms with E-state index in [2.05, 4.69) is 0 Å². The van der Waals surface area contributed by atoms with Crippen molar-refractivity contribution in [2.24, 2.45) is 0 Å². The Morgan fingerprint density at radius 2 is 1.88 bits per heavy atom. The molecule has 0 aromatic rings. The normalized spacial score (nSPS) is 12.0. The molecule has 3 heteroatoms. The third-order valence-electron chi connectivity index (χ3n) is 0.664. The quantitative estimate of drug-likeness (QED) is 0.563. The lowest BCUT2D eigenvalue weighted by molar-refractivity contribution is 0.877. The standard InChI is InChI=1S/C5H8Cl3/c1-2-3-4-5(6,7)8/h4H,2-3H2,1H3. The predicted molar refractivity (Wildman–Crippen MR) is 39.5 cm³/mol. The molecular weight excluding hydrogens is 166 g/mol. The summed E-state index contributed by atoms with van der Waals surface area (Å²) in [6.07, 6.45) is 3.54. The molecule has 0 aliphatic heterocycles. The fraction of sp³-hybridized carbons (Fsp3) is 0.800. The molecule has 49 valence electrons. The highest BCUT2D eigenvalue weighted by molar-refractivity contribution is 6.68. The highest BCUT2D eigenvalue weighted by Gasteiger charge is 2.17. The Bertz CT molecular complexity index is 55.2. The Morgan fingerprint density at radius 1 is 1.38 bits per heavy atom. The van der Waals surface area contributed by atoms with E-state index in [0.29, 0.717) is 0 Å². The molecular formula is C5H8Cl3. The fourth-order valence-electron chi connectivity index (χ4n) is 0.308. The minimum atomic E-state index is -1.16. The zero-order valence-electron chi connectivity index (χ0n) is 4.63. The summed E-state index contributed by atoms with van der Waals surface area (Å²) < 4.78 is -1.16. The molecule has 0 bridgehead atoms. The summed E-state index contributed by atoms with van der Waals surface area (Å²) in [5.74, 6) is 0. The molecule has 0 atom stereocenters. The van der Waals surface area contributed by atoms with Gasteiger partial charge in [0.25, 0.3) is 0 Å². The lowest BCUT2D eigenvalue weighted by atomic mass is 10.3. The van der Waals surface area contributed by atoms with Gasteiger partial charge in [0.15, 0.2) is 3.79 Å². The maximum atomic E-state index is 5.39. The summed E-state index contributed by atoms with van der Waals surface area (Å²) in [6.45, 7) is 2.03. The molecule has 0 aromatic carbocycles. The van der Waals surface area contributed by atoms with Gasteiger partial charge in [-0.25, -0.2) is 0 Å². The van der Waals surface area contributed by atoms with Gasteiger partial charge < -0.3 is 0 Å². The molecule has 0 aliphatic carbocycles. The van der Waals surface area contributed by atoms with Gasteiger partial charge in [-0.15, -0.1) is 0 Å². The summed E-state index contributed by atoms with van der Waals surface area (Å²) in [7, 11) is 0. The molecule has 0 N–H and O–H groups in total. The van der Waals surface area contributed by atoms with E-state index in [0.717, 1.165) is 12.8 Å². The van der Waals surface area contributed by atoms with E-state index in [1.807, 2.05) is 6.92 Å². The van der Waals surface area contributed by atoms with Crippen molar-refractivity contribution in [3.8, 4) is 0 Å². The minimum absolute atomic E-state index is 0.858. The Hall–Kier alpha value is 0.870. The van der Waals surface area contributed by atoms with Crippen LogP contribution in [-0.2, 0) is 0 Å². The van der Waals surface area contributed by atoms with Crippen molar-refractivity contribution in [1.29, 1.82) is 0 Å². The van der Waals surface area contributed by atoms with Crippen LogP contribution in [0.25, 0.3) is 0 Å². The van der Waals surface area contributed by atoms with Crippen LogP contribution in [0, 0.1) is 6.42 Å². The van der Waals surface area contributed by atoms with Crippen molar-refractivity contribution in [2.45, 2.75) is 23.6 Å². The summed E-state index contributed by atoms with van der Waals surface area (Å²) >= 11 is 16.2. The predicted octanol–water partition coefficient (Wildman–Crippen LogP) is 3.36. The van der Waals surface area contributed by atoms with Gasteiger partial charge in [-0.3, -0.25) is 0 Å². The number of alkyl halides is 3. The highest BCUT2D eigenvalue weighted by Crippen LogP contribution is 2.30. The molecule has 1 radical (unpaired) electrons. The second-order valence-corrected chi connectivity index (χ2v) is 3.90.